The Morgan fingerprint density at radius 3 is 2.57 bits per heavy atom. The smallest absolute Gasteiger partial charge is 0.344 e. The number of carbonyl (C=O) groups excluding carboxylic acids is 2. The molecule has 0 spiro atoms. The Morgan fingerprint density at radius 2 is 2.00 bits per heavy atom. The molecular weight excluding hydrogens is 368 g/mol. The molecule has 0 heterocycles. The minimum Gasteiger partial charge on any atom is -0.490 e. The van der Waals surface area contributed by atoms with Crippen LogP contribution in [0, 0.1) is 16.0 Å². The summed E-state index contributed by atoms with van der Waals surface area (Å²) in [5, 5.41) is 10.9. The summed E-state index contributed by atoms with van der Waals surface area (Å²) >= 11 is 0. The fourth-order valence-electron chi connectivity index (χ4n) is 2.60. The van der Waals surface area contributed by atoms with Crippen molar-refractivity contribution in [3.8, 4) is 11.5 Å². The Bertz CT molecular complexity index is 716. The third-order valence-corrected chi connectivity index (χ3v) is 4.32. The van der Waals surface area contributed by atoms with Crippen molar-refractivity contribution in [3.05, 3.63) is 28.3 Å². The summed E-state index contributed by atoms with van der Waals surface area (Å²) in [6.45, 7) is 4.13. The van der Waals surface area contributed by atoms with Gasteiger partial charge in [0.1, 0.15) is 5.75 Å². The number of esters is 1. The number of nitro benzene ring substituents is 1. The van der Waals surface area contributed by atoms with Crippen molar-refractivity contribution in [2.75, 3.05) is 26.9 Å². The lowest BCUT2D eigenvalue weighted by Gasteiger charge is -2.23. The molecule has 0 atom stereocenters. The number of rotatable bonds is 11. The minimum atomic E-state index is -0.690. The largest absolute Gasteiger partial charge is 0.490 e. The first kappa shape index (κ1) is 21.5. The van der Waals surface area contributed by atoms with Crippen LogP contribution in [-0.4, -0.2) is 54.6 Å². The maximum absolute atomic E-state index is 12.3. The Balaban J connectivity index is 1.80. The van der Waals surface area contributed by atoms with E-state index >= 15 is 0 Å². The normalized spacial score (nSPS) is 13.1. The fraction of sp³-hybridized carbons (Fsp3) is 0.579. The van der Waals surface area contributed by atoms with Crippen LogP contribution in [0.2, 0.25) is 0 Å². The molecule has 2 rings (SSSR count). The van der Waals surface area contributed by atoms with Crippen LogP contribution in [0.4, 0.5) is 5.69 Å². The molecule has 0 saturated heterocycles. The highest BCUT2D eigenvalue weighted by Gasteiger charge is 2.32. The van der Waals surface area contributed by atoms with Gasteiger partial charge in [0.05, 0.1) is 12.0 Å². The van der Waals surface area contributed by atoms with Crippen molar-refractivity contribution in [2.45, 2.75) is 39.2 Å². The van der Waals surface area contributed by atoms with Crippen molar-refractivity contribution in [1.82, 2.24) is 4.90 Å². The van der Waals surface area contributed by atoms with Crippen molar-refractivity contribution in [2.24, 2.45) is 5.92 Å². The van der Waals surface area contributed by atoms with E-state index in [4.69, 9.17) is 14.2 Å². The molecule has 0 unspecified atom stereocenters. The van der Waals surface area contributed by atoms with E-state index in [0.717, 1.165) is 19.3 Å². The molecule has 1 amide bonds. The maximum atomic E-state index is 12.3. The Morgan fingerprint density at radius 1 is 1.29 bits per heavy atom. The van der Waals surface area contributed by atoms with Crippen LogP contribution in [0.15, 0.2) is 18.2 Å². The van der Waals surface area contributed by atoms with Gasteiger partial charge < -0.3 is 19.1 Å². The maximum Gasteiger partial charge on any atom is 0.344 e. The highest BCUT2D eigenvalue weighted by Crippen LogP contribution is 2.30. The quantitative estimate of drug-likeness (QED) is 0.322. The van der Waals surface area contributed by atoms with E-state index in [1.165, 1.54) is 25.3 Å². The SMILES string of the molecule is COc1cc(OCC(=O)OCC(=O)N(CCC(C)C)C2CC2)ccc1[N+](=O)[O-]. The van der Waals surface area contributed by atoms with Gasteiger partial charge in [-0.3, -0.25) is 14.9 Å². The summed E-state index contributed by atoms with van der Waals surface area (Å²) in [7, 11) is 1.30. The third kappa shape index (κ3) is 6.40. The standard InChI is InChI=1S/C19H26N2O7/c1-13(2)8-9-20(14-4-5-14)18(22)11-28-19(23)12-27-15-6-7-16(21(24)25)17(10-15)26-3/h6-7,10,13-14H,4-5,8-9,11-12H2,1-3H3. The predicted molar refractivity (Wildman–Crippen MR) is 100 cm³/mol. The topological polar surface area (TPSA) is 108 Å². The second-order valence-electron chi connectivity index (χ2n) is 7.04. The van der Waals surface area contributed by atoms with Gasteiger partial charge in [0.15, 0.2) is 13.2 Å². The first-order valence-electron chi connectivity index (χ1n) is 9.22. The van der Waals surface area contributed by atoms with E-state index in [9.17, 15) is 19.7 Å². The molecular formula is C19H26N2O7. The number of carbonyl (C=O) groups is 2. The zero-order chi connectivity index (χ0) is 20.7. The second-order valence-corrected chi connectivity index (χ2v) is 7.04. The van der Waals surface area contributed by atoms with E-state index in [-0.39, 0.29) is 35.7 Å². The lowest BCUT2D eigenvalue weighted by molar-refractivity contribution is -0.385. The summed E-state index contributed by atoms with van der Waals surface area (Å²) in [5.74, 6) is -0.152. The number of methoxy groups -OCH3 is 1. The van der Waals surface area contributed by atoms with Crippen LogP contribution in [0.1, 0.15) is 33.1 Å². The van der Waals surface area contributed by atoms with E-state index in [2.05, 4.69) is 13.8 Å². The summed E-state index contributed by atoms with van der Waals surface area (Å²) in [4.78, 5) is 36.3. The third-order valence-electron chi connectivity index (χ3n) is 4.32. The number of benzene rings is 1. The molecule has 1 aromatic rings. The molecule has 1 aliphatic carbocycles. The summed E-state index contributed by atoms with van der Waals surface area (Å²) in [6.07, 6.45) is 2.88. The van der Waals surface area contributed by atoms with Crippen molar-refractivity contribution < 1.29 is 28.7 Å². The van der Waals surface area contributed by atoms with E-state index in [1.807, 2.05) is 0 Å². The van der Waals surface area contributed by atoms with Crippen molar-refractivity contribution in [3.63, 3.8) is 0 Å². The lowest BCUT2D eigenvalue weighted by Crippen LogP contribution is -2.38. The molecule has 28 heavy (non-hydrogen) atoms. The molecule has 0 N–H and O–H groups in total. The number of amides is 1. The van der Waals surface area contributed by atoms with E-state index in [1.54, 1.807) is 4.90 Å². The minimum absolute atomic E-state index is 0.0243. The van der Waals surface area contributed by atoms with Crippen LogP contribution in [0.5, 0.6) is 11.5 Å². The van der Waals surface area contributed by atoms with Crippen LogP contribution in [-0.2, 0) is 14.3 Å². The second kappa shape index (κ2) is 9.91. The monoisotopic (exact) mass is 394 g/mol. The van der Waals surface area contributed by atoms with Crippen LogP contribution >= 0.6 is 0 Å². The van der Waals surface area contributed by atoms with Gasteiger partial charge in [-0.15, -0.1) is 0 Å². The number of nitro groups is 1. The molecule has 0 aromatic heterocycles. The molecule has 1 aliphatic rings. The number of hydrogen-bond donors (Lipinski definition) is 0. The van der Waals surface area contributed by atoms with Gasteiger partial charge in [0.25, 0.3) is 5.91 Å². The van der Waals surface area contributed by atoms with E-state index < -0.39 is 17.5 Å². The van der Waals surface area contributed by atoms with Crippen LogP contribution in [0.3, 0.4) is 0 Å². The molecule has 1 fully saturated rings. The Labute approximate surface area is 163 Å². The zero-order valence-electron chi connectivity index (χ0n) is 16.4. The highest BCUT2D eigenvalue weighted by atomic mass is 16.6. The van der Waals surface area contributed by atoms with Crippen molar-refractivity contribution >= 4 is 17.6 Å². The molecule has 9 nitrogen and oxygen atoms in total. The van der Waals surface area contributed by atoms with Gasteiger partial charge in [-0.25, -0.2) is 4.79 Å². The molecule has 0 aliphatic heterocycles. The average molecular weight is 394 g/mol. The van der Waals surface area contributed by atoms with Gasteiger partial charge in [-0.05, 0) is 31.2 Å². The zero-order valence-corrected chi connectivity index (χ0v) is 16.4. The van der Waals surface area contributed by atoms with Crippen molar-refractivity contribution in [1.29, 1.82) is 0 Å². The Hall–Kier alpha value is -2.84. The van der Waals surface area contributed by atoms with E-state index in [0.29, 0.717) is 12.5 Å². The lowest BCUT2D eigenvalue weighted by atomic mass is 10.1. The average Bonchev–Trinajstić information content (AvgIpc) is 3.49. The number of ether oxygens (including phenoxy) is 3. The fourth-order valence-corrected chi connectivity index (χ4v) is 2.60. The number of hydrogen-bond acceptors (Lipinski definition) is 7. The van der Waals surface area contributed by atoms with Gasteiger partial charge in [0.2, 0.25) is 5.75 Å². The summed E-state index contributed by atoms with van der Waals surface area (Å²) in [5.41, 5.74) is -0.204. The predicted octanol–water partition coefficient (Wildman–Crippen LogP) is 2.56. The first-order valence-corrected chi connectivity index (χ1v) is 9.22. The molecule has 9 heteroatoms. The molecule has 154 valence electrons. The molecule has 0 radical (unpaired) electrons. The van der Waals surface area contributed by atoms with Gasteiger partial charge in [0, 0.05) is 24.7 Å². The molecule has 1 saturated carbocycles. The molecule has 1 aromatic carbocycles. The van der Waals surface area contributed by atoms with Gasteiger partial charge in [-0.2, -0.15) is 0 Å². The van der Waals surface area contributed by atoms with Crippen LogP contribution in [0.25, 0.3) is 0 Å². The summed E-state index contributed by atoms with van der Waals surface area (Å²) < 4.78 is 15.2. The summed E-state index contributed by atoms with van der Waals surface area (Å²) in [6, 6.07) is 4.16. The first-order chi connectivity index (χ1) is 13.3. The molecule has 0 bridgehead atoms. The van der Waals surface area contributed by atoms with Gasteiger partial charge >= 0.3 is 11.7 Å². The van der Waals surface area contributed by atoms with Crippen LogP contribution < -0.4 is 9.47 Å². The Kier molecular flexibility index (Phi) is 7.60. The highest BCUT2D eigenvalue weighted by molar-refractivity contribution is 5.81. The van der Waals surface area contributed by atoms with Gasteiger partial charge in [-0.1, -0.05) is 13.8 Å². The number of nitrogens with zero attached hydrogens (tertiary/aromatic N) is 2.